The molecular weight excluding hydrogens is 860 g/mol. The normalized spacial score (nSPS) is 18.2. The molecule has 1 aliphatic rings. The lowest BCUT2D eigenvalue weighted by atomic mass is 9.80. The number of carbonyl (C=O) groups excluding carboxylic acids is 2. The Bertz CT molecular complexity index is 2070. The zero-order valence-corrected chi connectivity index (χ0v) is 40.1. The predicted octanol–water partition coefficient (Wildman–Crippen LogP) is 7.82. The number of anilines is 1. The Morgan fingerprint density at radius 3 is 1.94 bits per heavy atom. The van der Waals surface area contributed by atoms with Crippen molar-refractivity contribution in [2.45, 2.75) is 90.7 Å². The Hall–Kier alpha value is -4.22. The third-order valence-electron chi connectivity index (χ3n) is 10.4. The molecule has 1 unspecified atom stereocenters. The Morgan fingerprint density at radius 2 is 1.42 bits per heavy atom. The second-order valence-electron chi connectivity index (χ2n) is 15.9. The molecule has 2 heterocycles. The molecule has 15 nitrogen and oxygen atoms in total. The van der Waals surface area contributed by atoms with Gasteiger partial charge in [0.1, 0.15) is 41.2 Å². The first-order valence-corrected chi connectivity index (χ1v) is 23.5. The van der Waals surface area contributed by atoms with E-state index in [9.17, 15) is 14.4 Å². The summed E-state index contributed by atoms with van der Waals surface area (Å²) in [5.74, 6) is 1.60. The van der Waals surface area contributed by atoms with Crippen LogP contribution < -0.4 is 20.5 Å². The first-order valence-electron chi connectivity index (χ1n) is 21.4. The molecule has 1 fully saturated rings. The van der Waals surface area contributed by atoms with Crippen LogP contribution in [0.4, 0.5) is 5.82 Å². The first kappa shape index (κ1) is 50.8. The molecule has 64 heavy (non-hydrogen) atoms. The van der Waals surface area contributed by atoms with E-state index >= 15 is 0 Å². The molecular formula is C47H63N4O11PS. The number of nitrogens with one attached hydrogen (secondary N) is 1. The van der Waals surface area contributed by atoms with Crippen LogP contribution in [0.3, 0.4) is 0 Å². The number of ether oxygens (including phenoxy) is 6. The van der Waals surface area contributed by atoms with Gasteiger partial charge in [0.2, 0.25) is 5.91 Å². The summed E-state index contributed by atoms with van der Waals surface area (Å²) in [6, 6.07) is 26.9. The quantitative estimate of drug-likeness (QED) is 0.0412. The van der Waals surface area contributed by atoms with Gasteiger partial charge in [0.15, 0.2) is 11.3 Å². The third kappa shape index (κ3) is 12.8. The molecule has 5 rings (SSSR count). The minimum Gasteiger partial charge on any atom is -0.497 e. The molecule has 1 aromatic heterocycles. The van der Waals surface area contributed by atoms with Crippen molar-refractivity contribution in [1.29, 1.82) is 0 Å². The number of hydrogen-bond donors (Lipinski definition) is 1. The number of thioether (sulfide) groups is 1. The Kier molecular flexibility index (Phi) is 19.3. The summed E-state index contributed by atoms with van der Waals surface area (Å²) in [5, 5.41) is 2.69. The van der Waals surface area contributed by atoms with Gasteiger partial charge in [-0.05, 0) is 74.7 Å². The number of nitrogens with zero attached hydrogens (tertiary/aromatic N) is 3. The fourth-order valence-corrected chi connectivity index (χ4v) is 9.94. The Balaban J connectivity index is 1.56. The van der Waals surface area contributed by atoms with Crippen LogP contribution in [0.5, 0.6) is 11.5 Å². The molecule has 0 radical (unpaired) electrons. The molecule has 0 bridgehead atoms. The van der Waals surface area contributed by atoms with E-state index in [1.165, 1.54) is 42.6 Å². The minimum atomic E-state index is -1.81. The number of benzene rings is 3. The lowest BCUT2D eigenvalue weighted by Gasteiger charge is -2.39. The molecule has 3 aromatic carbocycles. The fraction of sp³-hybridized carbons (Fsp3) is 0.489. The van der Waals surface area contributed by atoms with E-state index in [0.717, 1.165) is 16.7 Å². The summed E-state index contributed by atoms with van der Waals surface area (Å²) in [5.41, 5.74) is 0.613. The molecule has 0 saturated carbocycles. The Labute approximate surface area is 382 Å². The lowest BCUT2D eigenvalue weighted by Crippen LogP contribution is -2.43. The van der Waals surface area contributed by atoms with Crippen molar-refractivity contribution in [3.05, 3.63) is 118 Å². The highest BCUT2D eigenvalue weighted by atomic mass is 32.2. The van der Waals surface area contributed by atoms with E-state index in [0.29, 0.717) is 23.9 Å². The molecule has 17 heteroatoms. The van der Waals surface area contributed by atoms with Crippen LogP contribution in [0.25, 0.3) is 0 Å². The summed E-state index contributed by atoms with van der Waals surface area (Å²) in [6.07, 6.45) is -2.09. The zero-order chi connectivity index (χ0) is 46.4. The number of hydrogen-bond acceptors (Lipinski definition) is 14. The van der Waals surface area contributed by atoms with Gasteiger partial charge in [0.05, 0.1) is 40.6 Å². The maximum Gasteiger partial charge on any atom is 0.351 e. The molecule has 1 aliphatic heterocycles. The largest absolute Gasteiger partial charge is 0.497 e. The molecule has 0 aliphatic carbocycles. The fourth-order valence-electron chi connectivity index (χ4n) is 7.46. The monoisotopic (exact) mass is 922 g/mol. The summed E-state index contributed by atoms with van der Waals surface area (Å²) in [6.45, 7) is 14.2. The molecule has 4 aromatic rings. The maximum absolute atomic E-state index is 13.7. The van der Waals surface area contributed by atoms with Crippen molar-refractivity contribution in [3.63, 3.8) is 0 Å². The van der Waals surface area contributed by atoms with Crippen molar-refractivity contribution >= 4 is 37.1 Å². The molecule has 0 spiro atoms. The molecule has 1 amide bonds. The van der Waals surface area contributed by atoms with Crippen LogP contribution in [0, 0.1) is 5.92 Å². The van der Waals surface area contributed by atoms with Gasteiger partial charge in [0, 0.05) is 44.0 Å². The van der Waals surface area contributed by atoms with Gasteiger partial charge in [-0.3, -0.25) is 14.2 Å². The number of rotatable bonds is 24. The second-order valence-corrected chi connectivity index (χ2v) is 18.4. The highest BCUT2D eigenvalue weighted by Crippen LogP contribution is 2.51. The van der Waals surface area contributed by atoms with Crippen LogP contribution in [-0.2, 0) is 43.2 Å². The standard InChI is InChI=1S/C47H63N4O11PS/c1-31(2)45(53)64-29-28-58-26-27-60-63(51(32(3)4)33(5)6)62-42-40(61-44(43(42)57-10)50-25-24-41(48-34(7)52)49-46(50)54)30-59-47(35-14-12-11-13-15-35,36-16-20-38(55-8)21-17-36)37-18-22-39(56-9)23-19-37/h11-25,31-33,40,42-44H,26-30H2,1-10H3,(H,48,49,52,54)/t40-,42-,43-,44-,63?/m1/s1. The first-order chi connectivity index (χ1) is 30.7. The summed E-state index contributed by atoms with van der Waals surface area (Å²) in [4.78, 5) is 41.8. The van der Waals surface area contributed by atoms with E-state index in [-0.39, 0.29) is 54.7 Å². The zero-order valence-electron chi connectivity index (χ0n) is 38.4. The third-order valence-corrected chi connectivity index (χ3v) is 13.7. The molecule has 1 N–H and O–H groups in total. The predicted molar refractivity (Wildman–Crippen MR) is 249 cm³/mol. The average Bonchev–Trinajstić information content (AvgIpc) is 3.62. The van der Waals surface area contributed by atoms with Gasteiger partial charge in [0.25, 0.3) is 8.53 Å². The van der Waals surface area contributed by atoms with Gasteiger partial charge in [-0.25, -0.2) is 9.46 Å². The van der Waals surface area contributed by atoms with E-state index < -0.39 is 44.4 Å². The number of carbonyl (C=O) groups is 2. The van der Waals surface area contributed by atoms with Gasteiger partial charge in [-0.15, -0.1) is 0 Å². The van der Waals surface area contributed by atoms with Gasteiger partial charge < -0.3 is 42.8 Å². The highest BCUT2D eigenvalue weighted by Gasteiger charge is 2.51. The SMILES string of the molecule is COc1ccc(C(OC[C@H]2O[C@@H](n3ccc(NC(C)=O)nc3=O)[C@H](OC)[C@@H]2OP(OCCOCCSC(=O)C(C)C)N(C(C)C)C(C)C)(c2ccccc2)c2ccc(OC)cc2)cc1. The van der Waals surface area contributed by atoms with Crippen molar-refractivity contribution in [2.24, 2.45) is 5.92 Å². The summed E-state index contributed by atoms with van der Waals surface area (Å²) in [7, 11) is 2.97. The highest BCUT2D eigenvalue weighted by molar-refractivity contribution is 8.13. The van der Waals surface area contributed by atoms with Gasteiger partial charge >= 0.3 is 5.69 Å². The van der Waals surface area contributed by atoms with Crippen LogP contribution in [0.2, 0.25) is 0 Å². The Morgan fingerprint density at radius 1 is 0.828 bits per heavy atom. The average molecular weight is 923 g/mol. The van der Waals surface area contributed by atoms with E-state index in [2.05, 4.69) is 42.7 Å². The van der Waals surface area contributed by atoms with Crippen LogP contribution in [-0.4, -0.2) is 109 Å². The van der Waals surface area contributed by atoms with E-state index in [1.54, 1.807) is 14.2 Å². The summed E-state index contributed by atoms with van der Waals surface area (Å²) >= 11 is 1.26. The van der Waals surface area contributed by atoms with Crippen molar-refractivity contribution in [3.8, 4) is 11.5 Å². The van der Waals surface area contributed by atoms with Crippen molar-refractivity contribution in [1.82, 2.24) is 14.2 Å². The summed E-state index contributed by atoms with van der Waals surface area (Å²) < 4.78 is 54.6. The topological polar surface area (TPSA) is 158 Å². The smallest absolute Gasteiger partial charge is 0.351 e. The van der Waals surface area contributed by atoms with E-state index in [4.69, 9.17) is 37.5 Å². The molecule has 1 saturated heterocycles. The van der Waals surface area contributed by atoms with E-state index in [1.807, 2.05) is 92.7 Å². The van der Waals surface area contributed by atoms with Gasteiger partial charge in [-0.1, -0.05) is 80.2 Å². The van der Waals surface area contributed by atoms with Crippen molar-refractivity contribution < 1.29 is 47.1 Å². The minimum absolute atomic E-state index is 0.00306. The van der Waals surface area contributed by atoms with Gasteiger partial charge in [-0.2, -0.15) is 4.98 Å². The second kappa shape index (κ2) is 24.3. The number of amides is 1. The maximum atomic E-state index is 13.7. The van der Waals surface area contributed by atoms with Crippen molar-refractivity contribution in [2.75, 3.05) is 58.8 Å². The molecule has 5 atom stereocenters. The van der Waals surface area contributed by atoms with Crippen LogP contribution in [0.15, 0.2) is 95.9 Å². The lowest BCUT2D eigenvalue weighted by molar-refractivity contribution is -0.114. The van der Waals surface area contributed by atoms with Crippen LogP contribution >= 0.6 is 20.3 Å². The molecule has 348 valence electrons. The number of aromatic nitrogens is 2. The number of methoxy groups -OCH3 is 3. The van der Waals surface area contributed by atoms with Crippen LogP contribution in [0.1, 0.15) is 71.4 Å².